The number of methoxy groups -OCH3 is 1. The highest BCUT2D eigenvalue weighted by molar-refractivity contribution is 9.11. The van der Waals surface area contributed by atoms with Crippen LogP contribution in [0, 0.1) is 6.92 Å². The van der Waals surface area contributed by atoms with E-state index in [0.29, 0.717) is 5.02 Å². The first-order valence-corrected chi connectivity index (χ1v) is 8.74. The van der Waals surface area contributed by atoms with Gasteiger partial charge in [-0.2, -0.15) is 0 Å². The molecule has 0 heterocycles. The van der Waals surface area contributed by atoms with Crippen LogP contribution in [0.25, 0.3) is 0 Å². The van der Waals surface area contributed by atoms with Gasteiger partial charge in [-0.15, -0.1) is 0 Å². The molecule has 0 saturated carbocycles. The fraction of sp³-hybridized carbons (Fsp3) is 0.200. The predicted octanol–water partition coefficient (Wildman–Crippen LogP) is 6.67. The van der Waals surface area contributed by atoms with E-state index in [1.54, 1.807) is 7.11 Å². The Labute approximate surface area is 149 Å². The molecule has 5 heteroatoms. The lowest BCUT2D eigenvalue weighted by molar-refractivity contribution is 0.408. The quantitative estimate of drug-likeness (QED) is 0.444. The maximum absolute atomic E-state index is 6.16. The Bertz CT molecular complexity index is 623. The molecular weight excluding hydrogens is 471 g/mol. The number of benzene rings is 2. The van der Waals surface area contributed by atoms with Crippen molar-refractivity contribution in [2.24, 2.45) is 0 Å². The number of aryl methyl sites for hydroxylation is 1. The predicted molar refractivity (Wildman–Crippen MR) is 95.4 cm³/mol. The number of halogens is 4. The minimum atomic E-state index is 0.00338. The van der Waals surface area contributed by atoms with Gasteiger partial charge in [0.1, 0.15) is 5.75 Å². The maximum atomic E-state index is 6.16. The van der Waals surface area contributed by atoms with Crippen LogP contribution >= 0.6 is 59.4 Å². The standard InChI is InChI=1S/C15H12Br3ClO/c1-8-3-9(5-10(16)4-8)14(18)12-6-11(19)7-13(17)15(12)20-2/h3-7,14H,1-2H3. The van der Waals surface area contributed by atoms with Gasteiger partial charge in [0, 0.05) is 15.1 Å². The van der Waals surface area contributed by atoms with E-state index in [1.807, 2.05) is 12.1 Å². The molecule has 2 rings (SSSR count). The number of ether oxygens (including phenoxy) is 1. The third kappa shape index (κ3) is 3.59. The molecule has 2 aromatic rings. The average Bonchev–Trinajstić information content (AvgIpc) is 2.35. The van der Waals surface area contributed by atoms with Gasteiger partial charge in [0.15, 0.2) is 0 Å². The molecule has 2 aromatic carbocycles. The first kappa shape index (κ1) is 16.3. The number of hydrogen-bond acceptors (Lipinski definition) is 1. The summed E-state index contributed by atoms with van der Waals surface area (Å²) in [7, 11) is 1.66. The second-order valence-corrected chi connectivity index (χ2v) is 7.56. The fourth-order valence-electron chi connectivity index (χ4n) is 2.07. The van der Waals surface area contributed by atoms with Crippen LogP contribution in [-0.2, 0) is 0 Å². The van der Waals surface area contributed by atoms with Gasteiger partial charge < -0.3 is 4.74 Å². The van der Waals surface area contributed by atoms with Gasteiger partial charge in [0.05, 0.1) is 16.4 Å². The number of alkyl halides is 1. The van der Waals surface area contributed by atoms with Gasteiger partial charge in [-0.1, -0.05) is 49.5 Å². The molecule has 0 amide bonds. The molecule has 0 spiro atoms. The second kappa shape index (κ2) is 6.82. The summed E-state index contributed by atoms with van der Waals surface area (Å²) in [4.78, 5) is 0.00338. The van der Waals surface area contributed by atoms with Gasteiger partial charge in [-0.25, -0.2) is 0 Å². The molecule has 0 aliphatic heterocycles. The molecule has 1 atom stereocenters. The molecule has 0 radical (unpaired) electrons. The van der Waals surface area contributed by atoms with Crippen LogP contribution in [0.3, 0.4) is 0 Å². The van der Waals surface area contributed by atoms with Crippen LogP contribution in [-0.4, -0.2) is 7.11 Å². The summed E-state index contributed by atoms with van der Waals surface area (Å²) in [6.45, 7) is 2.07. The van der Waals surface area contributed by atoms with E-state index in [2.05, 4.69) is 72.9 Å². The Morgan fingerprint density at radius 3 is 2.40 bits per heavy atom. The van der Waals surface area contributed by atoms with Gasteiger partial charge in [-0.3, -0.25) is 0 Å². The van der Waals surface area contributed by atoms with Crippen LogP contribution in [0.15, 0.2) is 39.3 Å². The Kier molecular flexibility index (Phi) is 5.57. The highest BCUT2D eigenvalue weighted by Crippen LogP contribution is 2.42. The molecule has 20 heavy (non-hydrogen) atoms. The molecule has 0 aromatic heterocycles. The highest BCUT2D eigenvalue weighted by atomic mass is 79.9. The smallest absolute Gasteiger partial charge is 0.137 e. The van der Waals surface area contributed by atoms with E-state index in [-0.39, 0.29) is 4.83 Å². The Hall–Kier alpha value is -0.0300. The minimum absolute atomic E-state index is 0.00338. The van der Waals surface area contributed by atoms with E-state index < -0.39 is 0 Å². The maximum Gasteiger partial charge on any atom is 0.137 e. The Morgan fingerprint density at radius 1 is 1.10 bits per heavy atom. The molecule has 106 valence electrons. The lowest BCUT2D eigenvalue weighted by Crippen LogP contribution is -1.99. The van der Waals surface area contributed by atoms with Crippen LogP contribution in [0.1, 0.15) is 21.5 Å². The normalized spacial score (nSPS) is 12.3. The van der Waals surface area contributed by atoms with Gasteiger partial charge in [-0.05, 0) is 58.2 Å². The highest BCUT2D eigenvalue weighted by Gasteiger charge is 2.19. The summed E-state index contributed by atoms with van der Waals surface area (Å²) >= 11 is 16.9. The molecule has 0 saturated heterocycles. The van der Waals surface area contributed by atoms with Gasteiger partial charge in [0.25, 0.3) is 0 Å². The molecule has 0 fully saturated rings. The lowest BCUT2D eigenvalue weighted by atomic mass is 10.0. The van der Waals surface area contributed by atoms with Gasteiger partial charge >= 0.3 is 0 Å². The van der Waals surface area contributed by atoms with Crippen LogP contribution in [0.4, 0.5) is 0 Å². The topological polar surface area (TPSA) is 9.23 Å². The first-order valence-electron chi connectivity index (χ1n) is 5.86. The zero-order chi connectivity index (χ0) is 14.9. The second-order valence-electron chi connectivity index (χ2n) is 4.43. The van der Waals surface area contributed by atoms with Crippen molar-refractivity contribution in [1.82, 2.24) is 0 Å². The molecule has 0 aliphatic rings. The molecule has 1 nitrogen and oxygen atoms in total. The summed E-state index contributed by atoms with van der Waals surface area (Å²) in [5.41, 5.74) is 3.33. The minimum Gasteiger partial charge on any atom is -0.495 e. The zero-order valence-corrected chi connectivity index (χ0v) is 16.4. The summed E-state index contributed by atoms with van der Waals surface area (Å²) in [5, 5.41) is 0.670. The monoisotopic (exact) mass is 480 g/mol. The largest absolute Gasteiger partial charge is 0.495 e. The summed E-state index contributed by atoms with van der Waals surface area (Å²) in [6, 6.07) is 10.0. The Morgan fingerprint density at radius 2 is 1.80 bits per heavy atom. The molecular formula is C15H12Br3ClO. The van der Waals surface area contributed by atoms with Crippen LogP contribution in [0.2, 0.25) is 5.02 Å². The number of rotatable bonds is 3. The summed E-state index contributed by atoms with van der Waals surface area (Å²) in [6.07, 6.45) is 0. The van der Waals surface area contributed by atoms with Gasteiger partial charge in [0.2, 0.25) is 0 Å². The van der Waals surface area contributed by atoms with Crippen molar-refractivity contribution in [3.05, 3.63) is 61.0 Å². The third-order valence-electron chi connectivity index (χ3n) is 2.87. The van der Waals surface area contributed by atoms with Crippen molar-refractivity contribution in [3.8, 4) is 5.75 Å². The Balaban J connectivity index is 2.55. The van der Waals surface area contributed by atoms with Crippen molar-refractivity contribution in [3.63, 3.8) is 0 Å². The van der Waals surface area contributed by atoms with E-state index in [0.717, 1.165) is 25.8 Å². The van der Waals surface area contributed by atoms with Crippen LogP contribution < -0.4 is 4.74 Å². The molecule has 0 aliphatic carbocycles. The van der Waals surface area contributed by atoms with E-state index >= 15 is 0 Å². The van der Waals surface area contributed by atoms with Crippen molar-refractivity contribution >= 4 is 59.4 Å². The first-order chi connectivity index (χ1) is 9.42. The molecule has 1 unspecified atom stereocenters. The average molecular weight is 483 g/mol. The summed E-state index contributed by atoms with van der Waals surface area (Å²) in [5.74, 6) is 0.786. The van der Waals surface area contributed by atoms with Crippen molar-refractivity contribution in [2.45, 2.75) is 11.8 Å². The van der Waals surface area contributed by atoms with Crippen molar-refractivity contribution in [2.75, 3.05) is 7.11 Å². The molecule has 0 N–H and O–H groups in total. The van der Waals surface area contributed by atoms with Crippen LogP contribution in [0.5, 0.6) is 5.75 Å². The van der Waals surface area contributed by atoms with Crippen molar-refractivity contribution in [1.29, 1.82) is 0 Å². The lowest BCUT2D eigenvalue weighted by Gasteiger charge is -2.17. The fourth-order valence-corrected chi connectivity index (χ4v) is 4.30. The summed E-state index contributed by atoms with van der Waals surface area (Å²) < 4.78 is 7.39. The SMILES string of the molecule is COc1c(Br)cc(Cl)cc1C(Br)c1cc(C)cc(Br)c1. The van der Waals surface area contributed by atoms with E-state index in [4.69, 9.17) is 16.3 Å². The number of hydrogen-bond donors (Lipinski definition) is 0. The van der Waals surface area contributed by atoms with E-state index in [9.17, 15) is 0 Å². The molecule has 0 bridgehead atoms. The zero-order valence-electron chi connectivity index (χ0n) is 10.9. The van der Waals surface area contributed by atoms with E-state index in [1.165, 1.54) is 5.56 Å². The third-order valence-corrected chi connectivity index (χ3v) is 5.16. The van der Waals surface area contributed by atoms with Crippen molar-refractivity contribution < 1.29 is 4.74 Å².